The molecule has 0 unspecified atom stereocenters. The second kappa shape index (κ2) is 11.3. The monoisotopic (exact) mass is 487 g/mol. The number of carbonyl (C=O) groups excluding carboxylic acids is 1. The van der Waals surface area contributed by atoms with Crippen molar-refractivity contribution in [3.8, 4) is 0 Å². The highest BCUT2D eigenvalue weighted by atomic mass is 16.6. The van der Waals surface area contributed by atoms with Crippen LogP contribution in [0.1, 0.15) is 45.8 Å². The van der Waals surface area contributed by atoms with Crippen LogP contribution in [0.25, 0.3) is 0 Å². The Balaban J connectivity index is 1.64. The largest absolute Gasteiger partial charge is 0.448 e. The highest BCUT2D eigenvalue weighted by Crippen LogP contribution is 2.35. The summed E-state index contributed by atoms with van der Waals surface area (Å²) in [6.07, 6.45) is 0.0514. The maximum Gasteiger partial charge on any atom is 0.412 e. The molecule has 2 atom stereocenters. The van der Waals surface area contributed by atoms with Crippen molar-refractivity contribution in [2.45, 2.75) is 64.5 Å². The number of hydrogen-bond donors (Lipinski definition) is 0. The molecule has 1 aliphatic heterocycles. The Morgan fingerprint density at radius 1 is 0.889 bits per heavy atom. The third kappa shape index (κ3) is 6.54. The maximum absolute atomic E-state index is 13.5. The van der Waals surface area contributed by atoms with E-state index in [2.05, 4.69) is 41.3 Å². The summed E-state index contributed by atoms with van der Waals surface area (Å²) in [7, 11) is 0. The first kappa shape index (κ1) is 24.5. The van der Waals surface area contributed by atoms with Crippen LogP contribution in [0, 0.1) is 0 Å². The van der Waals surface area contributed by atoms with Crippen molar-refractivity contribution in [2.75, 3.05) is 13.2 Å². The quantitative estimate of drug-likeness (QED) is 0.356. The molecular formula is C31H38N2O3. The predicted molar refractivity (Wildman–Crippen MR) is 143 cm³/mol. The molecule has 0 N–H and O–H groups in total. The second-order valence-corrected chi connectivity index (χ2v) is 10.5. The summed E-state index contributed by atoms with van der Waals surface area (Å²) in [4.78, 5) is 17.3. The Kier molecular flexibility index (Phi) is 7.69. The van der Waals surface area contributed by atoms with E-state index < -0.39 is 23.9 Å². The molecule has 1 heterocycles. The average Bonchev–Trinajstić information content (AvgIpc) is 3.10. The molecule has 3 aromatic rings. The summed E-state index contributed by atoms with van der Waals surface area (Å²) in [5.41, 5.74) is 2.05. The summed E-state index contributed by atoms with van der Waals surface area (Å²) in [5.74, 6) is 0. The van der Waals surface area contributed by atoms with E-state index in [1.54, 1.807) is 4.90 Å². The zero-order valence-corrected chi connectivity index (χ0v) is 21.8. The number of ether oxygens (including phenoxy) is 2. The predicted octanol–water partition coefficient (Wildman–Crippen LogP) is 6.28. The number of nitrogens with zero attached hydrogens (tertiary/aromatic N) is 2. The third-order valence-electron chi connectivity index (χ3n) is 6.64. The van der Waals surface area contributed by atoms with Crippen LogP contribution in [0.5, 0.6) is 0 Å². The van der Waals surface area contributed by atoms with Gasteiger partial charge in [0.2, 0.25) is 0 Å². The molecule has 0 aliphatic carbocycles. The molecule has 1 fully saturated rings. The summed E-state index contributed by atoms with van der Waals surface area (Å²) >= 11 is 0. The van der Waals surface area contributed by atoms with Gasteiger partial charge in [-0.3, -0.25) is 9.80 Å². The van der Waals surface area contributed by atoms with Gasteiger partial charge in [-0.1, -0.05) is 91.0 Å². The van der Waals surface area contributed by atoms with Crippen molar-refractivity contribution < 1.29 is 15.6 Å². The number of amides is 1. The minimum atomic E-state index is -1.10. The van der Waals surface area contributed by atoms with Gasteiger partial charge in [-0.15, -0.1) is 0 Å². The van der Waals surface area contributed by atoms with E-state index in [1.165, 1.54) is 0 Å². The van der Waals surface area contributed by atoms with E-state index in [4.69, 9.17) is 10.8 Å². The van der Waals surface area contributed by atoms with Crippen molar-refractivity contribution in [1.82, 2.24) is 9.80 Å². The van der Waals surface area contributed by atoms with Crippen molar-refractivity contribution in [2.24, 2.45) is 0 Å². The first-order chi connectivity index (χ1) is 17.7. The molecular weight excluding hydrogens is 448 g/mol. The fraction of sp³-hybridized carbons (Fsp3) is 0.387. The Bertz CT molecular complexity index is 1080. The minimum Gasteiger partial charge on any atom is -0.448 e. The van der Waals surface area contributed by atoms with Crippen LogP contribution < -0.4 is 0 Å². The molecule has 1 saturated heterocycles. The smallest absolute Gasteiger partial charge is 0.412 e. The molecule has 4 rings (SSSR count). The standard InChI is InChI=1S/C31H38N2O3/c1-30(2)24-36-31(3,4)33(30)29(34)35-23-28(20-25-14-8-5-9-15-25)32(21-26-16-10-6-11-17-26)22-27-18-12-7-13-19-27/h5-19,28H,20-24H2,1-4H3/t28-/m0/s1/i23D/t23-,28+/m1. The third-order valence-corrected chi connectivity index (χ3v) is 6.64. The fourth-order valence-corrected chi connectivity index (χ4v) is 4.91. The molecule has 0 spiro atoms. The van der Waals surface area contributed by atoms with Gasteiger partial charge in [-0.25, -0.2) is 4.79 Å². The van der Waals surface area contributed by atoms with Crippen LogP contribution in [0.15, 0.2) is 91.0 Å². The zero-order valence-electron chi connectivity index (χ0n) is 22.8. The molecule has 0 aromatic heterocycles. The zero-order chi connectivity index (χ0) is 26.5. The second-order valence-electron chi connectivity index (χ2n) is 10.5. The lowest BCUT2D eigenvalue weighted by atomic mass is 10.0. The molecule has 190 valence electrons. The summed E-state index contributed by atoms with van der Waals surface area (Å²) in [6.45, 7) is 8.21. The van der Waals surface area contributed by atoms with E-state index in [0.717, 1.165) is 16.7 Å². The number of benzene rings is 3. The van der Waals surface area contributed by atoms with Gasteiger partial charge in [0, 0.05) is 19.1 Å². The number of rotatable bonds is 9. The lowest BCUT2D eigenvalue weighted by Crippen LogP contribution is -2.53. The summed E-state index contributed by atoms with van der Waals surface area (Å²) in [5, 5.41) is 0. The van der Waals surface area contributed by atoms with Crippen molar-refractivity contribution in [3.05, 3.63) is 108 Å². The van der Waals surface area contributed by atoms with Crippen molar-refractivity contribution in [3.63, 3.8) is 0 Å². The maximum atomic E-state index is 13.5. The highest BCUT2D eigenvalue weighted by Gasteiger charge is 2.49. The molecule has 36 heavy (non-hydrogen) atoms. The van der Waals surface area contributed by atoms with E-state index in [-0.39, 0.29) is 6.04 Å². The van der Waals surface area contributed by atoms with Crippen LogP contribution in [-0.4, -0.2) is 46.4 Å². The topological polar surface area (TPSA) is 42.0 Å². The summed E-state index contributed by atoms with van der Waals surface area (Å²) < 4.78 is 21.0. The molecule has 0 saturated carbocycles. The van der Waals surface area contributed by atoms with Crippen LogP contribution in [-0.2, 0) is 29.0 Å². The SMILES string of the molecule is [2H][C@@H](OC(=O)N1C(C)(C)COC1(C)C)[C@H](Cc1ccccc1)N(Cc1ccccc1)Cc1ccccc1. The molecule has 3 aromatic carbocycles. The Labute approximate surface area is 217 Å². The van der Waals surface area contributed by atoms with Crippen LogP contribution in [0.4, 0.5) is 4.79 Å². The van der Waals surface area contributed by atoms with Gasteiger partial charge < -0.3 is 9.47 Å². The van der Waals surface area contributed by atoms with Crippen LogP contribution >= 0.6 is 0 Å². The van der Waals surface area contributed by atoms with Gasteiger partial charge in [0.15, 0.2) is 0 Å². The molecule has 0 radical (unpaired) electrons. The van der Waals surface area contributed by atoms with Gasteiger partial charge in [-0.05, 0) is 50.8 Å². The lowest BCUT2D eigenvalue weighted by Gasteiger charge is -2.38. The van der Waals surface area contributed by atoms with Gasteiger partial charge in [0.25, 0.3) is 0 Å². The van der Waals surface area contributed by atoms with E-state index in [1.807, 2.05) is 82.3 Å². The molecule has 5 nitrogen and oxygen atoms in total. The lowest BCUT2D eigenvalue weighted by molar-refractivity contribution is -0.0552. The summed E-state index contributed by atoms with van der Waals surface area (Å²) in [6, 6.07) is 30.2. The first-order valence-corrected chi connectivity index (χ1v) is 12.6. The highest BCUT2D eigenvalue weighted by molar-refractivity contribution is 5.70. The Morgan fingerprint density at radius 2 is 1.36 bits per heavy atom. The number of hydrogen-bond acceptors (Lipinski definition) is 4. The van der Waals surface area contributed by atoms with Gasteiger partial charge in [0.1, 0.15) is 12.3 Å². The van der Waals surface area contributed by atoms with Gasteiger partial charge >= 0.3 is 6.09 Å². The van der Waals surface area contributed by atoms with E-state index >= 15 is 0 Å². The molecule has 0 bridgehead atoms. The Morgan fingerprint density at radius 3 is 1.81 bits per heavy atom. The first-order valence-electron chi connectivity index (χ1n) is 13.2. The van der Waals surface area contributed by atoms with Crippen molar-refractivity contribution >= 4 is 6.09 Å². The van der Waals surface area contributed by atoms with Crippen molar-refractivity contribution in [1.29, 1.82) is 0 Å². The molecule has 1 amide bonds. The van der Waals surface area contributed by atoms with Gasteiger partial charge in [0.05, 0.1) is 13.5 Å². The average molecular weight is 488 g/mol. The van der Waals surface area contributed by atoms with E-state index in [9.17, 15) is 4.79 Å². The van der Waals surface area contributed by atoms with Crippen LogP contribution in [0.3, 0.4) is 0 Å². The Hall–Kier alpha value is -3.15. The van der Waals surface area contributed by atoms with Crippen LogP contribution in [0.2, 0.25) is 0 Å². The van der Waals surface area contributed by atoms with E-state index in [0.29, 0.717) is 26.1 Å². The number of carbonyl (C=O) groups is 1. The minimum absolute atomic E-state index is 0.374. The molecule has 1 aliphatic rings. The van der Waals surface area contributed by atoms with Gasteiger partial charge in [-0.2, -0.15) is 0 Å². The normalized spacial score (nSPS) is 18.5. The fourth-order valence-electron chi connectivity index (χ4n) is 4.91. The molecule has 5 heteroatoms.